The lowest BCUT2D eigenvalue weighted by molar-refractivity contribution is -0.0814. The standard InChI is InChI=1S/C60H69Cl6N6O10PS3/c1-7-58(8-2,46-31-34-49(61)55(52(46)64)67-37-19-25-43(26-20-37)84(74,75)70-40-13-14-40)80-83(73,81-59(9-3,10-4)47-32-35-50(62)56(53(47)65)68-38-21-27-44(28-22-38)85(76,77)71-41-15-16-41)82-60(11-5,12-6)48-33-36-51(63)57(54(48)66)69-39-23-29-45(30-24-39)86(78,79)72-42-17-18-42/h19-36,40-42,67-72H,7-18H2,1-6H3. The Labute approximate surface area is 535 Å². The van der Waals surface area contributed by atoms with Crippen LogP contribution in [0.5, 0.6) is 0 Å². The highest BCUT2D eigenvalue weighted by Gasteiger charge is 2.52. The first kappa shape index (κ1) is 66.7. The van der Waals surface area contributed by atoms with E-state index < -0.39 is 54.7 Å². The van der Waals surface area contributed by atoms with Crippen molar-refractivity contribution in [2.75, 3.05) is 16.0 Å². The molecule has 3 aliphatic carbocycles. The molecule has 0 heterocycles. The Hall–Kier alpha value is -3.70. The van der Waals surface area contributed by atoms with Gasteiger partial charge >= 0.3 is 7.82 Å². The summed E-state index contributed by atoms with van der Waals surface area (Å²) in [6.45, 7) is 11.1. The molecule has 0 aromatic heterocycles. The lowest BCUT2D eigenvalue weighted by Crippen LogP contribution is -2.36. The van der Waals surface area contributed by atoms with E-state index in [-0.39, 0.29) is 119 Å². The van der Waals surface area contributed by atoms with Gasteiger partial charge in [-0.25, -0.2) is 44.0 Å². The first-order valence-electron chi connectivity index (χ1n) is 28.6. The summed E-state index contributed by atoms with van der Waals surface area (Å²) < 4.78 is 125. The predicted octanol–water partition coefficient (Wildman–Crippen LogP) is 17.8. The molecule has 0 bridgehead atoms. The Morgan fingerprint density at radius 2 is 0.605 bits per heavy atom. The van der Waals surface area contributed by atoms with Crippen LogP contribution < -0.4 is 30.1 Å². The van der Waals surface area contributed by atoms with Gasteiger partial charge in [-0.05, 0) is 168 Å². The largest absolute Gasteiger partial charge is 0.477 e. The minimum absolute atomic E-state index is 0.0814. The number of hydrogen-bond acceptors (Lipinski definition) is 13. The zero-order chi connectivity index (χ0) is 62.2. The van der Waals surface area contributed by atoms with Gasteiger partial charge in [0.2, 0.25) is 30.1 Å². The molecule has 0 spiro atoms. The zero-order valence-corrected chi connectivity index (χ0v) is 56.0. The topological polar surface area (TPSA) is 219 Å². The molecule has 6 N–H and O–H groups in total. The molecule has 16 nitrogen and oxygen atoms in total. The van der Waals surface area contributed by atoms with Gasteiger partial charge in [0.25, 0.3) is 0 Å². The number of benzene rings is 6. The molecule has 6 aromatic rings. The first-order valence-corrected chi connectivity index (χ1v) is 36.8. The highest BCUT2D eigenvalue weighted by Crippen LogP contribution is 2.67. The molecular formula is C60H69Cl6N6O10PS3. The number of phosphoric ester groups is 1. The highest BCUT2D eigenvalue weighted by molar-refractivity contribution is 7.90. The van der Waals surface area contributed by atoms with Crippen LogP contribution in [0.4, 0.5) is 34.1 Å². The van der Waals surface area contributed by atoms with Gasteiger partial charge in [0.05, 0.1) is 61.9 Å². The van der Waals surface area contributed by atoms with Gasteiger partial charge in [-0.1, -0.05) is 129 Å². The molecule has 6 aromatic carbocycles. The summed E-state index contributed by atoms with van der Waals surface area (Å²) in [6, 6.07) is 28.2. The molecular weight excluding hydrogens is 1300 g/mol. The maximum atomic E-state index is 17.1. The van der Waals surface area contributed by atoms with Crippen molar-refractivity contribution >= 4 is 142 Å². The number of phosphoric acid groups is 1. The molecule has 26 heteroatoms. The van der Waals surface area contributed by atoms with Crippen LogP contribution in [0.3, 0.4) is 0 Å². The van der Waals surface area contributed by atoms with E-state index in [0.717, 1.165) is 38.5 Å². The number of sulfonamides is 3. The molecule has 0 radical (unpaired) electrons. The molecule has 3 saturated carbocycles. The van der Waals surface area contributed by atoms with E-state index in [1.807, 2.05) is 41.5 Å². The van der Waals surface area contributed by atoms with Crippen LogP contribution in [0.1, 0.15) is 135 Å². The van der Waals surface area contributed by atoms with Crippen molar-refractivity contribution in [3.8, 4) is 0 Å². The van der Waals surface area contributed by atoms with E-state index in [2.05, 4.69) is 30.1 Å². The third-order valence-electron chi connectivity index (χ3n) is 16.0. The fourth-order valence-corrected chi connectivity index (χ4v) is 18.5. The van der Waals surface area contributed by atoms with Crippen LogP contribution in [0.15, 0.2) is 124 Å². The van der Waals surface area contributed by atoms with Gasteiger partial charge < -0.3 is 16.0 Å². The van der Waals surface area contributed by atoms with Crippen molar-refractivity contribution in [1.29, 1.82) is 0 Å². The fourth-order valence-electron chi connectivity index (χ4n) is 10.2. The van der Waals surface area contributed by atoms with Crippen LogP contribution >= 0.6 is 77.4 Å². The van der Waals surface area contributed by atoms with Crippen molar-refractivity contribution in [1.82, 2.24) is 14.2 Å². The summed E-state index contributed by atoms with van der Waals surface area (Å²) in [4.78, 5) is 0.275. The summed E-state index contributed by atoms with van der Waals surface area (Å²) in [6.07, 6.45) is 5.59. The summed E-state index contributed by atoms with van der Waals surface area (Å²) in [5.41, 5.74) is -1.39. The highest BCUT2D eigenvalue weighted by atomic mass is 35.5. The molecule has 0 atom stereocenters. The first-order chi connectivity index (χ1) is 40.7. The maximum Gasteiger partial charge on any atom is 0.477 e. The van der Waals surface area contributed by atoms with E-state index in [0.29, 0.717) is 33.8 Å². The van der Waals surface area contributed by atoms with Gasteiger partial charge in [-0.15, -0.1) is 0 Å². The summed E-state index contributed by atoms with van der Waals surface area (Å²) in [7, 11) is -16.4. The molecule has 3 fully saturated rings. The Bertz CT molecular complexity index is 3470. The number of hydrogen-bond donors (Lipinski definition) is 6. The van der Waals surface area contributed by atoms with Crippen LogP contribution in [0.25, 0.3) is 0 Å². The quantitative estimate of drug-likeness (QED) is 0.0232. The molecule has 9 rings (SSSR count). The van der Waals surface area contributed by atoms with Crippen molar-refractivity contribution in [3.63, 3.8) is 0 Å². The number of anilines is 6. The number of rotatable bonds is 30. The van der Waals surface area contributed by atoms with Crippen molar-refractivity contribution in [3.05, 3.63) is 156 Å². The van der Waals surface area contributed by atoms with Crippen LogP contribution in [0.2, 0.25) is 30.1 Å². The second kappa shape index (κ2) is 26.6. The van der Waals surface area contributed by atoms with Crippen LogP contribution in [-0.4, -0.2) is 43.4 Å². The zero-order valence-electron chi connectivity index (χ0n) is 48.1. The predicted molar refractivity (Wildman–Crippen MR) is 346 cm³/mol. The summed E-state index contributed by atoms with van der Waals surface area (Å²) in [5, 5.41) is 10.8. The van der Waals surface area contributed by atoms with Gasteiger partial charge in [-0.3, -0.25) is 13.6 Å². The fraction of sp³-hybridized carbons (Fsp3) is 0.400. The van der Waals surface area contributed by atoms with Gasteiger partial charge in [0, 0.05) is 51.9 Å². The van der Waals surface area contributed by atoms with E-state index in [1.165, 1.54) is 36.4 Å². The van der Waals surface area contributed by atoms with Gasteiger partial charge in [0.1, 0.15) is 16.8 Å². The minimum atomic E-state index is -5.13. The molecule has 86 heavy (non-hydrogen) atoms. The second-order valence-electron chi connectivity index (χ2n) is 21.8. The van der Waals surface area contributed by atoms with Crippen molar-refractivity contribution in [2.45, 2.75) is 168 Å². The minimum Gasteiger partial charge on any atom is -0.353 e. The summed E-state index contributed by atoms with van der Waals surface area (Å²) in [5.74, 6) is 0. The Morgan fingerprint density at radius 1 is 0.384 bits per heavy atom. The molecule has 0 aliphatic heterocycles. The molecule has 464 valence electrons. The molecule has 3 aliphatic rings. The maximum absolute atomic E-state index is 17.1. The van der Waals surface area contributed by atoms with Crippen LogP contribution in [-0.2, 0) is 65.0 Å². The van der Waals surface area contributed by atoms with Crippen LogP contribution in [0, 0.1) is 0 Å². The second-order valence-corrected chi connectivity index (χ2v) is 30.8. The molecule has 0 saturated heterocycles. The third kappa shape index (κ3) is 14.7. The van der Waals surface area contributed by atoms with Crippen molar-refractivity contribution in [2.24, 2.45) is 0 Å². The molecule has 0 unspecified atom stereocenters. The van der Waals surface area contributed by atoms with E-state index in [1.54, 1.807) is 72.8 Å². The van der Waals surface area contributed by atoms with E-state index in [4.69, 9.17) is 83.2 Å². The van der Waals surface area contributed by atoms with Gasteiger partial charge in [0.15, 0.2) is 0 Å². The van der Waals surface area contributed by atoms with E-state index >= 15 is 4.57 Å². The Kier molecular flexibility index (Phi) is 20.7. The third-order valence-corrected chi connectivity index (χ3v) is 24.5. The average molecular weight is 1370 g/mol. The van der Waals surface area contributed by atoms with Crippen molar-refractivity contribution < 1.29 is 43.4 Å². The Morgan fingerprint density at radius 3 is 0.802 bits per heavy atom. The van der Waals surface area contributed by atoms with E-state index in [9.17, 15) is 25.3 Å². The summed E-state index contributed by atoms with van der Waals surface area (Å²) >= 11 is 43.2. The Balaban J connectivity index is 1.12. The number of nitrogens with one attached hydrogen (secondary N) is 6. The smallest absolute Gasteiger partial charge is 0.353 e. The normalized spacial score (nSPS) is 15.4. The monoisotopic (exact) mass is 1370 g/mol. The lowest BCUT2D eigenvalue weighted by atomic mass is 9.88. The average Bonchev–Trinajstić information content (AvgIpc) is 1.42. The molecule has 0 amide bonds. The lowest BCUT2D eigenvalue weighted by Gasteiger charge is -2.44. The number of halogens is 6. The SMILES string of the molecule is CCC(CC)(OP(=O)(OC(CC)(CC)c1ccc(Cl)c(Nc2ccc(S(=O)(=O)NC3CC3)cc2)c1Cl)OC(CC)(CC)c1ccc(Cl)c(Nc2ccc(S(=O)(=O)NC3CC3)cc2)c1Cl)c1ccc(Cl)c(Nc2ccc(S(=O)(=O)NC3CC3)cc2)c1Cl. The van der Waals surface area contributed by atoms with Gasteiger partial charge in [-0.2, -0.15) is 0 Å².